The van der Waals surface area contributed by atoms with Crippen LogP contribution < -0.4 is 4.72 Å². The van der Waals surface area contributed by atoms with Crippen molar-refractivity contribution in [1.82, 2.24) is 14.6 Å². The third-order valence-electron chi connectivity index (χ3n) is 3.84. The van der Waals surface area contributed by atoms with Crippen LogP contribution in [0.2, 0.25) is 0 Å². The average Bonchev–Trinajstić information content (AvgIpc) is 2.86. The van der Waals surface area contributed by atoms with E-state index < -0.39 is 15.3 Å². The van der Waals surface area contributed by atoms with E-state index in [1.807, 2.05) is 38.5 Å². The summed E-state index contributed by atoms with van der Waals surface area (Å²) in [5.74, 6) is 0. The highest BCUT2D eigenvalue weighted by molar-refractivity contribution is 7.89. The van der Waals surface area contributed by atoms with Gasteiger partial charge in [0.05, 0.1) is 5.25 Å². The average molecular weight is 309 g/mol. The first-order chi connectivity index (χ1) is 9.85. The summed E-state index contributed by atoms with van der Waals surface area (Å²) in [6.45, 7) is 2.67. The lowest BCUT2D eigenvalue weighted by molar-refractivity contribution is 0.414. The molecule has 0 amide bonds. The Kier molecular flexibility index (Phi) is 4.70. The van der Waals surface area contributed by atoms with Crippen molar-refractivity contribution < 1.29 is 8.42 Å². The third-order valence-corrected chi connectivity index (χ3v) is 5.61. The van der Waals surface area contributed by atoms with Gasteiger partial charge in [0.2, 0.25) is 10.0 Å². The molecule has 2 rings (SSSR count). The van der Waals surface area contributed by atoms with Crippen LogP contribution in [0.5, 0.6) is 0 Å². The molecule has 1 atom stereocenters. The zero-order valence-corrected chi connectivity index (χ0v) is 13.8. The van der Waals surface area contributed by atoms with E-state index in [2.05, 4.69) is 14.6 Å². The number of hydrogen-bond donors (Lipinski definition) is 2. The zero-order valence-electron chi connectivity index (χ0n) is 13.0. The second-order valence-corrected chi connectivity index (χ2v) is 7.77. The van der Waals surface area contributed by atoms with Crippen molar-refractivity contribution in [2.45, 2.75) is 18.6 Å². The van der Waals surface area contributed by atoms with Gasteiger partial charge in [0.15, 0.2) is 0 Å². The molecule has 2 N–H and O–H groups in total. The molecule has 0 fully saturated rings. The Morgan fingerprint density at radius 3 is 2.67 bits per heavy atom. The van der Waals surface area contributed by atoms with E-state index in [1.165, 1.54) is 12.6 Å². The number of nitrogens with one attached hydrogen (secondary N) is 2. The van der Waals surface area contributed by atoms with Crippen LogP contribution in [0.3, 0.4) is 0 Å². The molecule has 0 aliphatic rings. The first-order valence-corrected chi connectivity index (χ1v) is 8.57. The van der Waals surface area contributed by atoms with Gasteiger partial charge < -0.3 is 9.88 Å². The quantitative estimate of drug-likeness (QED) is 0.856. The minimum Gasteiger partial charge on any atom is -0.361 e. The molecule has 0 spiro atoms. The van der Waals surface area contributed by atoms with E-state index in [9.17, 15) is 8.42 Å². The van der Waals surface area contributed by atoms with Gasteiger partial charge in [-0.05, 0) is 57.7 Å². The highest BCUT2D eigenvalue weighted by atomic mass is 32.2. The van der Waals surface area contributed by atoms with Crippen molar-refractivity contribution in [3.05, 3.63) is 35.5 Å². The highest BCUT2D eigenvalue weighted by Crippen LogP contribution is 2.26. The number of nitrogens with zero attached hydrogens (tertiary/aromatic N) is 1. The van der Waals surface area contributed by atoms with Gasteiger partial charge in [-0.2, -0.15) is 0 Å². The molecule has 1 heterocycles. The number of aromatic amines is 1. The second kappa shape index (κ2) is 6.17. The van der Waals surface area contributed by atoms with Gasteiger partial charge >= 0.3 is 0 Å². The van der Waals surface area contributed by atoms with E-state index in [4.69, 9.17) is 0 Å². The van der Waals surface area contributed by atoms with E-state index in [-0.39, 0.29) is 0 Å². The normalized spacial score (nSPS) is 14.0. The lowest BCUT2D eigenvalue weighted by atomic mass is 10.1. The smallest absolute Gasteiger partial charge is 0.218 e. The largest absolute Gasteiger partial charge is 0.361 e. The van der Waals surface area contributed by atoms with Gasteiger partial charge in [-0.15, -0.1) is 0 Å². The molecular formula is C15H23N3O2S. The summed E-state index contributed by atoms with van der Waals surface area (Å²) >= 11 is 0. The Bertz CT molecular complexity index is 720. The third kappa shape index (κ3) is 3.45. The summed E-state index contributed by atoms with van der Waals surface area (Å²) in [6, 6.07) is 5.80. The van der Waals surface area contributed by atoms with E-state index in [0.717, 1.165) is 29.4 Å². The number of rotatable bonds is 6. The number of likely N-dealkylation sites (N-methyl/N-ethyl adjacent to an activating group) is 1. The Hall–Kier alpha value is -1.37. The Balaban J connectivity index is 2.38. The summed E-state index contributed by atoms with van der Waals surface area (Å²) in [5, 5.41) is 0.538. The maximum absolute atomic E-state index is 11.9. The summed E-state index contributed by atoms with van der Waals surface area (Å²) in [7, 11) is 2.22. The molecule has 0 saturated carbocycles. The second-order valence-electron chi connectivity index (χ2n) is 5.56. The maximum atomic E-state index is 11.9. The molecule has 2 aromatic rings. The van der Waals surface area contributed by atoms with Crippen LogP contribution in [0.1, 0.15) is 23.3 Å². The molecule has 1 unspecified atom stereocenters. The van der Waals surface area contributed by atoms with Crippen LogP contribution in [0.25, 0.3) is 10.9 Å². The van der Waals surface area contributed by atoms with Crippen molar-refractivity contribution >= 4 is 20.9 Å². The number of hydrogen-bond acceptors (Lipinski definition) is 3. The topological polar surface area (TPSA) is 65.2 Å². The molecule has 5 nitrogen and oxygen atoms in total. The number of fused-ring (bicyclic) bond motifs is 1. The molecular weight excluding hydrogens is 286 g/mol. The zero-order chi connectivity index (χ0) is 15.6. The van der Waals surface area contributed by atoms with Crippen molar-refractivity contribution in [2.24, 2.45) is 0 Å². The SMILES string of the molecule is CNS(=O)(=O)C(C)c1ccc2[nH]cc(CCN(C)C)c2c1. The molecule has 0 saturated heterocycles. The van der Waals surface area contributed by atoms with Gasteiger partial charge in [0, 0.05) is 23.6 Å². The summed E-state index contributed by atoms with van der Waals surface area (Å²) < 4.78 is 26.3. The fourth-order valence-corrected chi connectivity index (χ4v) is 3.21. The van der Waals surface area contributed by atoms with Crippen LogP contribution in [0, 0.1) is 0 Å². The Morgan fingerprint density at radius 1 is 1.33 bits per heavy atom. The summed E-state index contributed by atoms with van der Waals surface area (Å²) in [4.78, 5) is 5.38. The van der Waals surface area contributed by atoms with Gasteiger partial charge in [-0.25, -0.2) is 13.1 Å². The van der Waals surface area contributed by atoms with Crippen LogP contribution >= 0.6 is 0 Å². The van der Waals surface area contributed by atoms with Crippen molar-refractivity contribution in [2.75, 3.05) is 27.7 Å². The molecule has 1 aromatic heterocycles. The van der Waals surface area contributed by atoms with Crippen LogP contribution in [-0.2, 0) is 16.4 Å². The van der Waals surface area contributed by atoms with E-state index in [0.29, 0.717) is 0 Å². The Labute approximate surface area is 126 Å². The van der Waals surface area contributed by atoms with Gasteiger partial charge in [0.25, 0.3) is 0 Å². The molecule has 6 heteroatoms. The van der Waals surface area contributed by atoms with Gasteiger partial charge in [0.1, 0.15) is 0 Å². The number of sulfonamides is 1. The Morgan fingerprint density at radius 2 is 2.05 bits per heavy atom. The first kappa shape index (κ1) is 16.0. The van der Waals surface area contributed by atoms with Gasteiger partial charge in [-0.1, -0.05) is 6.07 Å². The monoisotopic (exact) mass is 309 g/mol. The minimum absolute atomic E-state index is 0.566. The van der Waals surface area contributed by atoms with E-state index >= 15 is 0 Å². The predicted octanol–water partition coefficient (Wildman–Crippen LogP) is 1.88. The molecule has 21 heavy (non-hydrogen) atoms. The molecule has 0 bridgehead atoms. The molecule has 1 aromatic carbocycles. The van der Waals surface area contributed by atoms with Gasteiger partial charge in [-0.3, -0.25) is 0 Å². The number of aromatic nitrogens is 1. The molecule has 0 aliphatic carbocycles. The summed E-state index contributed by atoms with van der Waals surface area (Å²) in [6.07, 6.45) is 2.94. The number of benzene rings is 1. The fraction of sp³-hybridized carbons (Fsp3) is 0.467. The van der Waals surface area contributed by atoms with Crippen LogP contribution in [-0.4, -0.2) is 46.0 Å². The van der Waals surface area contributed by atoms with Crippen LogP contribution in [0.15, 0.2) is 24.4 Å². The van der Waals surface area contributed by atoms with Crippen molar-refractivity contribution in [3.8, 4) is 0 Å². The lowest BCUT2D eigenvalue weighted by Gasteiger charge is -2.13. The predicted molar refractivity (Wildman–Crippen MR) is 87.0 cm³/mol. The lowest BCUT2D eigenvalue weighted by Crippen LogP contribution is -2.24. The molecule has 116 valence electrons. The fourth-order valence-electron chi connectivity index (χ4n) is 2.36. The van der Waals surface area contributed by atoms with Crippen molar-refractivity contribution in [3.63, 3.8) is 0 Å². The van der Waals surface area contributed by atoms with Crippen LogP contribution in [0.4, 0.5) is 0 Å². The van der Waals surface area contributed by atoms with E-state index in [1.54, 1.807) is 6.92 Å². The molecule has 0 radical (unpaired) electrons. The summed E-state index contributed by atoms with van der Waals surface area (Å²) in [5.41, 5.74) is 3.07. The first-order valence-electron chi connectivity index (χ1n) is 7.02. The standard InChI is InChI=1S/C15H23N3O2S/c1-11(21(19,20)16-2)12-5-6-15-14(9-12)13(10-17-15)7-8-18(3)4/h5-6,9-11,16-17H,7-8H2,1-4H3. The highest BCUT2D eigenvalue weighted by Gasteiger charge is 2.21. The minimum atomic E-state index is -3.31. The number of H-pyrrole nitrogens is 1. The molecule has 0 aliphatic heterocycles. The maximum Gasteiger partial charge on any atom is 0.218 e. The van der Waals surface area contributed by atoms with Crippen molar-refractivity contribution in [1.29, 1.82) is 0 Å².